The lowest BCUT2D eigenvalue weighted by Crippen LogP contribution is -2.23. The number of anilines is 1. The van der Waals surface area contributed by atoms with Gasteiger partial charge in [0.25, 0.3) is 5.91 Å². The Morgan fingerprint density at radius 1 is 1.21 bits per heavy atom. The Balaban J connectivity index is 2.09. The number of nitrogens with one attached hydrogen (secondary N) is 1. The van der Waals surface area contributed by atoms with Crippen LogP contribution in [0, 0.1) is 5.82 Å². The molecule has 0 atom stereocenters. The smallest absolute Gasteiger partial charge is 0.261 e. The highest BCUT2D eigenvalue weighted by Gasteiger charge is 2.16. The number of carbonyl (C=O) groups is 1. The van der Waals surface area contributed by atoms with Gasteiger partial charge < -0.3 is 9.88 Å². The van der Waals surface area contributed by atoms with Crippen molar-refractivity contribution in [3.8, 4) is 0 Å². The van der Waals surface area contributed by atoms with Gasteiger partial charge in [0.15, 0.2) is 0 Å². The average molecular weight is 365 g/mol. The quantitative estimate of drug-likeness (QED) is 0.739. The molecule has 2 aromatic carbocycles. The lowest BCUT2D eigenvalue weighted by Gasteiger charge is -2.11. The number of carbonyl (C=O) groups excluding carboxylic acids is 1. The molecule has 1 N–H and O–H groups in total. The van der Waals surface area contributed by atoms with E-state index in [1.165, 1.54) is 18.3 Å². The van der Waals surface area contributed by atoms with Crippen molar-refractivity contribution >= 4 is 45.7 Å². The molecule has 1 amide bonds. The molecule has 0 bridgehead atoms. The molecule has 0 aliphatic rings. The van der Waals surface area contributed by atoms with Crippen molar-refractivity contribution in [3.63, 3.8) is 0 Å². The third-order valence-electron chi connectivity index (χ3n) is 3.60. The topological polar surface area (TPSA) is 51.1 Å². The number of aromatic nitrogens is 1. The summed E-state index contributed by atoms with van der Waals surface area (Å²) in [6.45, 7) is 0. The van der Waals surface area contributed by atoms with Gasteiger partial charge in [-0.25, -0.2) is 4.39 Å². The SMILES string of the molecule is Cn1cc(C(=O)Nc2cccc(Cl)c2Cl)c(=O)c2cc(F)ccc21. The monoisotopic (exact) mass is 364 g/mol. The van der Waals surface area contributed by atoms with Gasteiger partial charge >= 0.3 is 0 Å². The van der Waals surface area contributed by atoms with E-state index in [1.807, 2.05) is 0 Å². The zero-order valence-corrected chi connectivity index (χ0v) is 14.0. The van der Waals surface area contributed by atoms with Gasteiger partial charge in [0.2, 0.25) is 5.43 Å². The lowest BCUT2D eigenvalue weighted by molar-refractivity contribution is 0.102. The molecule has 122 valence electrons. The summed E-state index contributed by atoms with van der Waals surface area (Å²) in [5.41, 5.74) is 0.138. The highest BCUT2D eigenvalue weighted by Crippen LogP contribution is 2.29. The molecule has 0 aliphatic heterocycles. The molecule has 0 saturated heterocycles. The Labute approximate surface area is 146 Å². The molecule has 0 spiro atoms. The van der Waals surface area contributed by atoms with Crippen molar-refractivity contribution in [2.45, 2.75) is 0 Å². The number of hydrogen-bond acceptors (Lipinski definition) is 2. The standard InChI is InChI=1S/C17H11Cl2FN2O2/c1-22-8-11(16(23)10-7-9(20)5-6-14(10)22)17(24)21-13-4-2-3-12(18)15(13)19/h2-8H,1H3,(H,21,24). The van der Waals surface area contributed by atoms with Crippen LogP contribution in [0.15, 0.2) is 47.4 Å². The Morgan fingerprint density at radius 3 is 2.71 bits per heavy atom. The molecule has 3 aromatic rings. The van der Waals surface area contributed by atoms with Crippen LogP contribution in [-0.2, 0) is 7.05 Å². The number of hydrogen-bond donors (Lipinski definition) is 1. The number of fused-ring (bicyclic) bond motifs is 1. The molecule has 0 unspecified atom stereocenters. The highest BCUT2D eigenvalue weighted by molar-refractivity contribution is 6.44. The molecular weight excluding hydrogens is 354 g/mol. The Bertz CT molecular complexity index is 1030. The maximum absolute atomic E-state index is 13.4. The number of halogens is 3. The normalized spacial score (nSPS) is 10.8. The van der Waals surface area contributed by atoms with Crippen LogP contribution in [-0.4, -0.2) is 10.5 Å². The predicted molar refractivity (Wildman–Crippen MR) is 93.6 cm³/mol. The summed E-state index contributed by atoms with van der Waals surface area (Å²) in [6, 6.07) is 8.63. The molecule has 7 heteroatoms. The zero-order chi connectivity index (χ0) is 17.4. The van der Waals surface area contributed by atoms with E-state index in [-0.39, 0.29) is 26.7 Å². The molecule has 0 aliphatic carbocycles. The van der Waals surface area contributed by atoms with Crippen molar-refractivity contribution in [3.05, 3.63) is 74.2 Å². The largest absolute Gasteiger partial charge is 0.350 e. The van der Waals surface area contributed by atoms with Crippen LogP contribution < -0.4 is 10.7 Å². The van der Waals surface area contributed by atoms with Gasteiger partial charge in [0.1, 0.15) is 11.4 Å². The highest BCUT2D eigenvalue weighted by atomic mass is 35.5. The van der Waals surface area contributed by atoms with Crippen LogP contribution in [0.25, 0.3) is 10.9 Å². The van der Waals surface area contributed by atoms with E-state index >= 15 is 0 Å². The Morgan fingerprint density at radius 2 is 1.96 bits per heavy atom. The number of amides is 1. The minimum absolute atomic E-state index is 0.119. The molecule has 0 saturated carbocycles. The summed E-state index contributed by atoms with van der Waals surface area (Å²) in [4.78, 5) is 25.0. The summed E-state index contributed by atoms with van der Waals surface area (Å²) in [6.07, 6.45) is 1.40. The van der Waals surface area contributed by atoms with Crippen molar-refractivity contribution in [1.29, 1.82) is 0 Å². The van der Waals surface area contributed by atoms with Crippen molar-refractivity contribution < 1.29 is 9.18 Å². The fourth-order valence-electron chi connectivity index (χ4n) is 2.42. The first kappa shape index (κ1) is 16.5. The van der Waals surface area contributed by atoms with E-state index in [4.69, 9.17) is 23.2 Å². The van der Waals surface area contributed by atoms with Crippen LogP contribution in [0.5, 0.6) is 0 Å². The molecule has 24 heavy (non-hydrogen) atoms. The second kappa shape index (κ2) is 6.26. The fourth-order valence-corrected chi connectivity index (χ4v) is 2.76. The third kappa shape index (κ3) is 2.88. The van der Waals surface area contributed by atoms with Crippen LogP contribution in [0.3, 0.4) is 0 Å². The minimum atomic E-state index is -0.647. The third-order valence-corrected chi connectivity index (χ3v) is 4.41. The second-order valence-electron chi connectivity index (χ2n) is 5.20. The van der Waals surface area contributed by atoms with Crippen LogP contribution >= 0.6 is 23.2 Å². The molecular formula is C17H11Cl2FN2O2. The van der Waals surface area contributed by atoms with E-state index in [2.05, 4.69) is 5.32 Å². The van der Waals surface area contributed by atoms with Crippen LogP contribution in [0.1, 0.15) is 10.4 Å². The first-order chi connectivity index (χ1) is 11.4. The molecule has 0 fully saturated rings. The minimum Gasteiger partial charge on any atom is -0.350 e. The number of benzene rings is 2. The van der Waals surface area contributed by atoms with Gasteiger partial charge in [-0.3, -0.25) is 9.59 Å². The van der Waals surface area contributed by atoms with Crippen molar-refractivity contribution in [2.75, 3.05) is 5.32 Å². The number of pyridine rings is 1. The first-order valence-electron chi connectivity index (χ1n) is 6.92. The second-order valence-corrected chi connectivity index (χ2v) is 5.98. The summed E-state index contributed by atoms with van der Waals surface area (Å²) in [5, 5.41) is 3.14. The van der Waals surface area contributed by atoms with Gasteiger partial charge in [0, 0.05) is 18.6 Å². The molecule has 0 radical (unpaired) electrons. The van der Waals surface area contributed by atoms with E-state index in [0.717, 1.165) is 6.07 Å². The average Bonchev–Trinajstić information content (AvgIpc) is 2.55. The van der Waals surface area contributed by atoms with Gasteiger partial charge in [-0.2, -0.15) is 0 Å². The molecule has 4 nitrogen and oxygen atoms in total. The number of nitrogens with zero attached hydrogens (tertiary/aromatic N) is 1. The summed E-state index contributed by atoms with van der Waals surface area (Å²) < 4.78 is 15.0. The van der Waals surface area contributed by atoms with E-state index < -0.39 is 17.2 Å². The van der Waals surface area contributed by atoms with Crippen LogP contribution in [0.4, 0.5) is 10.1 Å². The molecule has 1 aromatic heterocycles. The van der Waals surface area contributed by atoms with Gasteiger partial charge in [-0.15, -0.1) is 0 Å². The molecule has 1 heterocycles. The summed E-state index contributed by atoms with van der Waals surface area (Å²) >= 11 is 11.9. The Kier molecular flexibility index (Phi) is 4.30. The van der Waals surface area contributed by atoms with Gasteiger partial charge in [-0.05, 0) is 30.3 Å². The maximum atomic E-state index is 13.4. The van der Waals surface area contributed by atoms with Crippen molar-refractivity contribution in [2.24, 2.45) is 7.05 Å². The Hall–Kier alpha value is -2.37. The van der Waals surface area contributed by atoms with E-state index in [1.54, 1.807) is 29.8 Å². The van der Waals surface area contributed by atoms with Gasteiger partial charge in [-0.1, -0.05) is 29.3 Å². The zero-order valence-electron chi connectivity index (χ0n) is 12.4. The summed E-state index contributed by atoms with van der Waals surface area (Å²) in [5.74, 6) is -1.19. The van der Waals surface area contributed by atoms with Crippen LogP contribution in [0.2, 0.25) is 10.0 Å². The van der Waals surface area contributed by atoms with Crippen molar-refractivity contribution in [1.82, 2.24) is 4.57 Å². The van der Waals surface area contributed by atoms with Gasteiger partial charge in [0.05, 0.1) is 21.2 Å². The first-order valence-corrected chi connectivity index (χ1v) is 7.68. The fraction of sp³-hybridized carbons (Fsp3) is 0.0588. The maximum Gasteiger partial charge on any atom is 0.261 e. The van der Waals surface area contributed by atoms with E-state index in [0.29, 0.717) is 5.52 Å². The number of aryl methyl sites for hydroxylation is 1. The predicted octanol–water partition coefficient (Wildman–Crippen LogP) is 4.24. The van der Waals surface area contributed by atoms with E-state index in [9.17, 15) is 14.0 Å². The lowest BCUT2D eigenvalue weighted by atomic mass is 10.1. The summed E-state index contributed by atoms with van der Waals surface area (Å²) in [7, 11) is 1.67. The number of rotatable bonds is 2. The molecule has 3 rings (SSSR count).